The highest BCUT2D eigenvalue weighted by Gasteiger charge is 1.98. The van der Waals surface area contributed by atoms with Gasteiger partial charge in [0, 0.05) is 20.3 Å². The van der Waals surface area contributed by atoms with Gasteiger partial charge in [0.2, 0.25) is 0 Å². The molecule has 1 N–H and O–H groups in total. The van der Waals surface area contributed by atoms with Crippen LogP contribution in [0.2, 0.25) is 0 Å². The average Bonchev–Trinajstić information content (AvgIpc) is 1.89. The van der Waals surface area contributed by atoms with E-state index in [4.69, 9.17) is 14.6 Å². The lowest BCUT2D eigenvalue weighted by atomic mass is 10.4. The Morgan fingerprint density at radius 1 is 1.50 bits per heavy atom. The van der Waals surface area contributed by atoms with Crippen LogP contribution in [0, 0.1) is 0 Å². The molecule has 62 valence electrons. The van der Waals surface area contributed by atoms with E-state index in [1.807, 2.05) is 6.92 Å². The Morgan fingerprint density at radius 2 is 2.20 bits per heavy atom. The maximum absolute atomic E-state index is 8.40. The van der Waals surface area contributed by atoms with Crippen LogP contribution in [0.25, 0.3) is 0 Å². The maximum Gasteiger partial charge on any atom is 0.0780 e. The summed E-state index contributed by atoms with van der Waals surface area (Å²) in [4.78, 5) is 0. The van der Waals surface area contributed by atoms with Crippen LogP contribution in [0.5, 0.6) is 0 Å². The molecular formula is C7H16O3. The number of ether oxygens (including phenoxy) is 2. The molecule has 0 saturated carbocycles. The Kier molecular flexibility index (Phi) is 6.91. The highest BCUT2D eigenvalue weighted by atomic mass is 16.5. The van der Waals surface area contributed by atoms with Gasteiger partial charge in [-0.3, -0.25) is 0 Å². The predicted molar refractivity (Wildman–Crippen MR) is 39.0 cm³/mol. The quantitative estimate of drug-likeness (QED) is 0.555. The van der Waals surface area contributed by atoms with E-state index in [1.54, 1.807) is 7.11 Å². The first-order valence-corrected chi connectivity index (χ1v) is 3.52. The second-order valence-corrected chi connectivity index (χ2v) is 2.21. The monoisotopic (exact) mass is 148 g/mol. The Labute approximate surface area is 62.0 Å². The number of rotatable bonds is 6. The van der Waals surface area contributed by atoms with Crippen molar-refractivity contribution >= 4 is 0 Å². The Morgan fingerprint density at radius 3 is 2.70 bits per heavy atom. The minimum absolute atomic E-state index is 0.136. The minimum atomic E-state index is 0.136. The summed E-state index contributed by atoms with van der Waals surface area (Å²) in [5.74, 6) is 0. The molecule has 0 bridgehead atoms. The van der Waals surface area contributed by atoms with Crippen LogP contribution >= 0.6 is 0 Å². The molecule has 0 fully saturated rings. The first-order valence-electron chi connectivity index (χ1n) is 3.52. The molecule has 1 unspecified atom stereocenters. The van der Waals surface area contributed by atoms with Gasteiger partial charge in [-0.1, -0.05) is 0 Å². The fourth-order valence-corrected chi connectivity index (χ4v) is 0.632. The van der Waals surface area contributed by atoms with Gasteiger partial charge in [-0.25, -0.2) is 0 Å². The van der Waals surface area contributed by atoms with Crippen molar-refractivity contribution in [2.75, 3.05) is 26.9 Å². The number of hydrogen-bond acceptors (Lipinski definition) is 3. The zero-order valence-electron chi connectivity index (χ0n) is 6.67. The zero-order valence-corrected chi connectivity index (χ0v) is 6.67. The van der Waals surface area contributed by atoms with Crippen LogP contribution in [-0.4, -0.2) is 38.1 Å². The molecule has 0 spiro atoms. The summed E-state index contributed by atoms with van der Waals surface area (Å²) >= 11 is 0. The molecule has 0 aromatic carbocycles. The smallest absolute Gasteiger partial charge is 0.0780 e. The van der Waals surface area contributed by atoms with Gasteiger partial charge in [0.15, 0.2) is 0 Å². The van der Waals surface area contributed by atoms with Crippen LogP contribution in [0.4, 0.5) is 0 Å². The van der Waals surface area contributed by atoms with Crippen molar-refractivity contribution in [3.05, 3.63) is 0 Å². The third kappa shape index (κ3) is 6.01. The van der Waals surface area contributed by atoms with Crippen LogP contribution in [0.1, 0.15) is 13.3 Å². The molecule has 10 heavy (non-hydrogen) atoms. The lowest BCUT2D eigenvalue weighted by Gasteiger charge is -2.10. The van der Waals surface area contributed by atoms with Crippen molar-refractivity contribution in [1.82, 2.24) is 0 Å². The Balaban J connectivity index is 2.97. The summed E-state index contributed by atoms with van der Waals surface area (Å²) in [6.45, 7) is 3.37. The fourth-order valence-electron chi connectivity index (χ4n) is 0.632. The van der Waals surface area contributed by atoms with Crippen molar-refractivity contribution in [2.24, 2.45) is 0 Å². The van der Waals surface area contributed by atoms with Crippen molar-refractivity contribution in [1.29, 1.82) is 0 Å². The molecule has 3 nitrogen and oxygen atoms in total. The third-order valence-corrected chi connectivity index (χ3v) is 1.11. The van der Waals surface area contributed by atoms with Gasteiger partial charge in [-0.2, -0.15) is 0 Å². The van der Waals surface area contributed by atoms with E-state index in [0.29, 0.717) is 19.6 Å². The molecule has 0 radical (unpaired) electrons. The molecule has 0 aromatic rings. The molecular weight excluding hydrogens is 132 g/mol. The topological polar surface area (TPSA) is 38.7 Å². The summed E-state index contributed by atoms with van der Waals surface area (Å²) < 4.78 is 10.1. The van der Waals surface area contributed by atoms with E-state index >= 15 is 0 Å². The number of aliphatic hydroxyl groups is 1. The van der Waals surface area contributed by atoms with Gasteiger partial charge in [-0.15, -0.1) is 0 Å². The second kappa shape index (κ2) is 6.99. The second-order valence-electron chi connectivity index (χ2n) is 2.21. The molecule has 1 atom stereocenters. The van der Waals surface area contributed by atoms with E-state index in [9.17, 15) is 0 Å². The van der Waals surface area contributed by atoms with E-state index in [2.05, 4.69) is 0 Å². The van der Waals surface area contributed by atoms with E-state index in [1.165, 1.54) is 0 Å². The van der Waals surface area contributed by atoms with Gasteiger partial charge in [0.05, 0.1) is 12.7 Å². The zero-order chi connectivity index (χ0) is 7.82. The summed E-state index contributed by atoms with van der Waals surface area (Å²) in [5, 5.41) is 8.40. The fraction of sp³-hybridized carbons (Fsp3) is 1.00. The lowest BCUT2D eigenvalue weighted by Crippen LogP contribution is -2.15. The van der Waals surface area contributed by atoms with Gasteiger partial charge >= 0.3 is 0 Å². The third-order valence-electron chi connectivity index (χ3n) is 1.11. The van der Waals surface area contributed by atoms with Crippen molar-refractivity contribution in [2.45, 2.75) is 19.4 Å². The Bertz CT molecular complexity index is 65.9. The normalized spacial score (nSPS) is 13.5. The van der Waals surface area contributed by atoms with Crippen molar-refractivity contribution in [3.8, 4) is 0 Å². The summed E-state index contributed by atoms with van der Waals surface area (Å²) in [6, 6.07) is 0. The lowest BCUT2D eigenvalue weighted by molar-refractivity contribution is 0.00423. The van der Waals surface area contributed by atoms with Gasteiger partial charge < -0.3 is 14.6 Å². The van der Waals surface area contributed by atoms with E-state index < -0.39 is 0 Å². The van der Waals surface area contributed by atoms with Crippen LogP contribution in [0.3, 0.4) is 0 Å². The van der Waals surface area contributed by atoms with Crippen LogP contribution < -0.4 is 0 Å². The van der Waals surface area contributed by atoms with Crippen molar-refractivity contribution in [3.63, 3.8) is 0 Å². The predicted octanol–water partition coefficient (Wildman–Crippen LogP) is 0.420. The highest BCUT2D eigenvalue weighted by Crippen LogP contribution is 1.91. The van der Waals surface area contributed by atoms with E-state index in [-0.39, 0.29) is 12.7 Å². The molecule has 0 amide bonds. The van der Waals surface area contributed by atoms with Gasteiger partial charge in [0.1, 0.15) is 0 Å². The SMILES string of the molecule is COCC(C)OCCCO. The van der Waals surface area contributed by atoms with Gasteiger partial charge in [0.25, 0.3) is 0 Å². The largest absolute Gasteiger partial charge is 0.396 e. The van der Waals surface area contributed by atoms with Crippen LogP contribution in [0.15, 0.2) is 0 Å². The van der Waals surface area contributed by atoms with Crippen LogP contribution in [-0.2, 0) is 9.47 Å². The maximum atomic E-state index is 8.40. The minimum Gasteiger partial charge on any atom is -0.396 e. The molecule has 0 rings (SSSR count). The molecule has 0 saturated heterocycles. The molecule has 3 heteroatoms. The summed E-state index contributed by atoms with van der Waals surface area (Å²) in [6.07, 6.45) is 0.838. The molecule has 0 aromatic heterocycles. The molecule has 0 aliphatic heterocycles. The molecule has 0 aliphatic rings. The molecule has 0 aliphatic carbocycles. The number of aliphatic hydroxyl groups excluding tert-OH is 1. The molecule has 0 heterocycles. The van der Waals surface area contributed by atoms with Crippen molar-refractivity contribution < 1.29 is 14.6 Å². The van der Waals surface area contributed by atoms with Gasteiger partial charge in [-0.05, 0) is 13.3 Å². The Hall–Kier alpha value is -0.120. The number of methoxy groups -OCH3 is 1. The average molecular weight is 148 g/mol. The summed E-state index contributed by atoms with van der Waals surface area (Å²) in [7, 11) is 1.64. The standard InChI is InChI=1S/C7H16O3/c1-7(6-9-2)10-5-3-4-8/h7-8H,3-6H2,1-2H3. The first-order chi connectivity index (χ1) is 4.81. The number of hydrogen-bond donors (Lipinski definition) is 1. The highest BCUT2D eigenvalue weighted by molar-refractivity contribution is 4.45. The summed E-state index contributed by atoms with van der Waals surface area (Å²) in [5.41, 5.74) is 0. The van der Waals surface area contributed by atoms with E-state index in [0.717, 1.165) is 0 Å². The first kappa shape index (κ1) is 9.88.